The number of carbonyl (C=O) groups excluding carboxylic acids is 2. The predicted octanol–water partition coefficient (Wildman–Crippen LogP) is 5.30. The van der Waals surface area contributed by atoms with Crippen LogP contribution in [0.4, 0.5) is 5.69 Å². The maximum atomic E-state index is 13.3. The summed E-state index contributed by atoms with van der Waals surface area (Å²) in [6.45, 7) is 0. The Balaban J connectivity index is 1.61. The number of nitrogens with zero attached hydrogens (tertiary/aromatic N) is 1. The Morgan fingerprint density at radius 1 is 0.757 bits per heavy atom. The largest absolute Gasteiger partial charge is 0.497 e. The highest BCUT2D eigenvalue weighted by molar-refractivity contribution is 7.92. The summed E-state index contributed by atoms with van der Waals surface area (Å²) in [6.07, 6.45) is -1.20. The molecule has 1 unspecified atom stereocenters. The van der Waals surface area contributed by atoms with Crippen LogP contribution in [0, 0.1) is 0 Å². The lowest BCUT2D eigenvalue weighted by Gasteiger charge is -2.20. The summed E-state index contributed by atoms with van der Waals surface area (Å²) in [6, 6.07) is 29.3. The summed E-state index contributed by atoms with van der Waals surface area (Å²) >= 11 is 0. The van der Waals surface area contributed by atoms with Crippen molar-refractivity contribution in [1.82, 2.24) is 0 Å². The van der Waals surface area contributed by atoms with Crippen molar-refractivity contribution >= 4 is 27.5 Å². The molecule has 0 radical (unpaired) electrons. The van der Waals surface area contributed by atoms with E-state index in [-0.39, 0.29) is 16.2 Å². The Bertz CT molecular complexity index is 1490. The maximum Gasteiger partial charge on any atom is 0.339 e. The molecule has 0 amide bonds. The fraction of sp³-hybridized carbons (Fsp3) is 0.103. The minimum Gasteiger partial charge on any atom is -0.497 e. The third-order valence-corrected chi connectivity index (χ3v) is 7.57. The first-order chi connectivity index (χ1) is 17.8. The molecule has 0 spiro atoms. The van der Waals surface area contributed by atoms with Crippen molar-refractivity contribution in [1.29, 1.82) is 0 Å². The van der Waals surface area contributed by atoms with Gasteiger partial charge in [-0.2, -0.15) is 0 Å². The van der Waals surface area contributed by atoms with Crippen LogP contribution in [-0.4, -0.2) is 34.3 Å². The molecule has 0 heterocycles. The molecule has 37 heavy (non-hydrogen) atoms. The highest BCUT2D eigenvalue weighted by atomic mass is 32.2. The van der Waals surface area contributed by atoms with Gasteiger partial charge < -0.3 is 9.47 Å². The molecule has 4 rings (SSSR count). The van der Waals surface area contributed by atoms with Crippen LogP contribution in [0.15, 0.2) is 114 Å². The zero-order valence-corrected chi connectivity index (χ0v) is 21.1. The van der Waals surface area contributed by atoms with E-state index in [9.17, 15) is 18.0 Å². The summed E-state index contributed by atoms with van der Waals surface area (Å²) in [5.74, 6) is -0.609. The number of anilines is 1. The van der Waals surface area contributed by atoms with E-state index in [1.165, 1.54) is 38.4 Å². The van der Waals surface area contributed by atoms with Gasteiger partial charge in [0.2, 0.25) is 5.78 Å². The van der Waals surface area contributed by atoms with Gasteiger partial charge in [0, 0.05) is 18.2 Å². The van der Waals surface area contributed by atoms with E-state index in [0.29, 0.717) is 22.6 Å². The highest BCUT2D eigenvalue weighted by Crippen LogP contribution is 2.27. The van der Waals surface area contributed by atoms with E-state index in [0.717, 1.165) is 4.31 Å². The lowest BCUT2D eigenvalue weighted by Crippen LogP contribution is -2.27. The summed E-state index contributed by atoms with van der Waals surface area (Å²) in [5.41, 5.74) is 1.33. The molecule has 7 nitrogen and oxygen atoms in total. The van der Waals surface area contributed by atoms with E-state index in [1.54, 1.807) is 84.9 Å². The number of sulfonamides is 1. The average molecular weight is 516 g/mol. The number of carbonyl (C=O) groups is 2. The normalized spacial score (nSPS) is 11.8. The molecule has 0 aromatic heterocycles. The third-order valence-electron chi connectivity index (χ3n) is 5.79. The van der Waals surface area contributed by atoms with Gasteiger partial charge in [-0.15, -0.1) is 0 Å². The number of Topliss-reactive ketones (excluding diaryl/α,β-unsaturated/α-hetero) is 1. The number of ketones is 1. The van der Waals surface area contributed by atoms with Crippen molar-refractivity contribution < 1.29 is 27.5 Å². The number of methoxy groups -OCH3 is 1. The summed E-state index contributed by atoms with van der Waals surface area (Å²) in [4.78, 5) is 26.3. The minimum absolute atomic E-state index is 0.00555. The lowest BCUT2D eigenvalue weighted by molar-refractivity contribution is 0.0280. The average Bonchev–Trinajstić information content (AvgIpc) is 2.96. The maximum absolute atomic E-state index is 13.3. The second-order valence-electron chi connectivity index (χ2n) is 8.12. The topological polar surface area (TPSA) is 90.0 Å². The molecular weight excluding hydrogens is 490 g/mol. The Hall–Kier alpha value is -4.43. The summed E-state index contributed by atoms with van der Waals surface area (Å²) < 4.78 is 38.5. The van der Waals surface area contributed by atoms with Crippen LogP contribution in [-0.2, 0) is 14.8 Å². The molecule has 4 aromatic rings. The molecule has 0 bridgehead atoms. The quantitative estimate of drug-likeness (QED) is 0.222. The van der Waals surface area contributed by atoms with E-state index in [1.807, 2.05) is 0 Å². The fourth-order valence-electron chi connectivity index (χ4n) is 3.70. The molecule has 8 heteroatoms. The number of benzene rings is 4. The molecule has 0 aliphatic heterocycles. The van der Waals surface area contributed by atoms with Gasteiger partial charge in [0.1, 0.15) is 5.75 Å². The minimum atomic E-state index is -3.99. The van der Waals surface area contributed by atoms with Crippen molar-refractivity contribution in [3.05, 3.63) is 126 Å². The Kier molecular flexibility index (Phi) is 7.69. The number of hydrogen-bond acceptors (Lipinski definition) is 6. The SMILES string of the molecule is COc1ccc(N(C)S(=O)(=O)c2cccc(C(=O)OC(C(=O)c3ccccc3)c3ccccc3)c2)cc1. The van der Waals surface area contributed by atoms with Crippen LogP contribution in [0.1, 0.15) is 32.4 Å². The van der Waals surface area contributed by atoms with Crippen LogP contribution in [0.3, 0.4) is 0 Å². The van der Waals surface area contributed by atoms with Gasteiger partial charge in [-0.1, -0.05) is 66.7 Å². The van der Waals surface area contributed by atoms with Crippen LogP contribution in [0.2, 0.25) is 0 Å². The van der Waals surface area contributed by atoms with E-state index in [2.05, 4.69) is 0 Å². The molecule has 0 N–H and O–H groups in total. The van der Waals surface area contributed by atoms with E-state index < -0.39 is 22.1 Å². The fourth-order valence-corrected chi connectivity index (χ4v) is 4.94. The standard InChI is InChI=1S/C29H25NO6S/c1-30(24-16-18-25(35-2)19-17-24)37(33,34)26-15-9-14-23(20-26)29(32)36-28(22-12-7-4-8-13-22)27(31)21-10-5-3-6-11-21/h3-20,28H,1-2H3. The first-order valence-electron chi connectivity index (χ1n) is 11.4. The molecule has 1 atom stereocenters. The van der Waals surface area contributed by atoms with Gasteiger partial charge in [-0.3, -0.25) is 9.10 Å². The molecule has 0 saturated heterocycles. The first-order valence-corrected chi connectivity index (χ1v) is 12.8. The van der Waals surface area contributed by atoms with Crippen molar-refractivity contribution in [3.63, 3.8) is 0 Å². The van der Waals surface area contributed by atoms with Crippen molar-refractivity contribution in [2.75, 3.05) is 18.5 Å². The van der Waals surface area contributed by atoms with E-state index in [4.69, 9.17) is 9.47 Å². The Morgan fingerprint density at radius 3 is 1.97 bits per heavy atom. The summed E-state index contributed by atoms with van der Waals surface area (Å²) in [7, 11) is -1.04. The smallest absolute Gasteiger partial charge is 0.339 e. The van der Waals surface area contributed by atoms with Gasteiger partial charge in [-0.25, -0.2) is 13.2 Å². The van der Waals surface area contributed by atoms with E-state index >= 15 is 0 Å². The molecular formula is C29H25NO6S. The van der Waals surface area contributed by atoms with Crippen LogP contribution in [0.25, 0.3) is 0 Å². The van der Waals surface area contributed by atoms with Gasteiger partial charge in [-0.05, 0) is 42.5 Å². The molecule has 4 aromatic carbocycles. The number of rotatable bonds is 9. The zero-order valence-electron chi connectivity index (χ0n) is 20.3. The molecule has 188 valence electrons. The van der Waals surface area contributed by atoms with Gasteiger partial charge in [0.15, 0.2) is 6.10 Å². The number of esters is 1. The molecule has 0 aliphatic rings. The van der Waals surface area contributed by atoms with Gasteiger partial charge >= 0.3 is 5.97 Å². The number of hydrogen-bond donors (Lipinski definition) is 0. The summed E-state index contributed by atoms with van der Waals surface area (Å²) in [5, 5.41) is 0. The molecule has 0 saturated carbocycles. The van der Waals surface area contributed by atoms with Crippen LogP contribution < -0.4 is 9.04 Å². The van der Waals surface area contributed by atoms with Crippen LogP contribution >= 0.6 is 0 Å². The highest BCUT2D eigenvalue weighted by Gasteiger charge is 2.28. The third kappa shape index (κ3) is 5.70. The number of ether oxygens (including phenoxy) is 2. The molecule has 0 fully saturated rings. The van der Waals surface area contributed by atoms with Gasteiger partial charge in [0.25, 0.3) is 10.0 Å². The van der Waals surface area contributed by atoms with Crippen LogP contribution in [0.5, 0.6) is 5.75 Å². The first kappa shape index (κ1) is 25.7. The Morgan fingerprint density at radius 2 is 1.35 bits per heavy atom. The monoisotopic (exact) mass is 515 g/mol. The second-order valence-corrected chi connectivity index (χ2v) is 10.1. The van der Waals surface area contributed by atoms with Crippen molar-refractivity contribution in [3.8, 4) is 5.75 Å². The second kappa shape index (κ2) is 11.1. The molecule has 0 aliphatic carbocycles. The Labute approximate surface area is 215 Å². The predicted molar refractivity (Wildman–Crippen MR) is 140 cm³/mol. The van der Waals surface area contributed by atoms with Crippen molar-refractivity contribution in [2.45, 2.75) is 11.0 Å². The zero-order chi connectivity index (χ0) is 26.4. The van der Waals surface area contributed by atoms with Gasteiger partial charge in [0.05, 0.1) is 23.3 Å². The lowest BCUT2D eigenvalue weighted by atomic mass is 10.00. The van der Waals surface area contributed by atoms with Crippen molar-refractivity contribution in [2.24, 2.45) is 0 Å².